The molecule has 0 aliphatic rings. The molecular weight excluding hydrogens is 387 g/mol. The van der Waals surface area contributed by atoms with Gasteiger partial charge < -0.3 is 11.1 Å². The van der Waals surface area contributed by atoms with Gasteiger partial charge in [0.1, 0.15) is 5.82 Å². The molecule has 0 bridgehead atoms. The highest BCUT2D eigenvalue weighted by atomic mass is 35.5. The molecule has 142 valence electrons. The van der Waals surface area contributed by atoms with Crippen LogP contribution in [-0.2, 0) is 13.5 Å². The summed E-state index contributed by atoms with van der Waals surface area (Å²) in [5.41, 5.74) is 8.40. The van der Waals surface area contributed by atoms with Gasteiger partial charge >= 0.3 is 0 Å². The predicted molar refractivity (Wildman–Crippen MR) is 107 cm³/mol. The van der Waals surface area contributed by atoms with Crippen LogP contribution in [-0.4, -0.2) is 28.3 Å². The first kappa shape index (κ1) is 19.5. The number of aryl methyl sites for hydroxylation is 2. The number of nitrogens with one attached hydrogen (secondary N) is 1. The van der Waals surface area contributed by atoms with Crippen LogP contribution in [0.1, 0.15) is 20.1 Å². The first-order chi connectivity index (χ1) is 12.9. The van der Waals surface area contributed by atoms with Crippen molar-refractivity contribution in [3.05, 3.63) is 62.7 Å². The molecule has 0 saturated carbocycles. The molecule has 1 amide bonds. The van der Waals surface area contributed by atoms with Crippen LogP contribution < -0.4 is 11.1 Å². The lowest BCUT2D eigenvalue weighted by molar-refractivity contribution is 0.0942. The lowest BCUT2D eigenvalue weighted by atomic mass is 10.1. The predicted octanol–water partition coefficient (Wildman–Crippen LogP) is 3.55. The summed E-state index contributed by atoms with van der Waals surface area (Å²) in [7, 11) is 1.81. The highest BCUT2D eigenvalue weighted by Crippen LogP contribution is 2.34. The van der Waals surface area contributed by atoms with Crippen molar-refractivity contribution >= 4 is 28.8 Å². The average Bonchev–Trinajstić information content (AvgIpc) is 3.18. The molecule has 3 N–H and O–H groups in total. The number of rotatable bonds is 6. The number of nitrogens with zero attached hydrogens (tertiary/aromatic N) is 2. The van der Waals surface area contributed by atoms with Crippen LogP contribution in [0.2, 0.25) is 5.02 Å². The van der Waals surface area contributed by atoms with Gasteiger partial charge in [0.2, 0.25) is 0 Å². The Morgan fingerprint density at radius 2 is 2.11 bits per heavy atom. The van der Waals surface area contributed by atoms with Crippen LogP contribution in [0, 0.1) is 12.7 Å². The second kappa shape index (κ2) is 8.21. The molecule has 0 saturated heterocycles. The molecule has 8 heteroatoms. The molecular formula is C19H20ClFN4OS. The lowest BCUT2D eigenvalue weighted by Crippen LogP contribution is -2.41. The monoisotopic (exact) mass is 406 g/mol. The van der Waals surface area contributed by atoms with E-state index in [0.717, 1.165) is 21.7 Å². The Kier molecular flexibility index (Phi) is 5.94. The Morgan fingerprint density at radius 1 is 1.41 bits per heavy atom. The Bertz CT molecular complexity index is 932. The van der Waals surface area contributed by atoms with E-state index in [4.69, 9.17) is 17.3 Å². The molecule has 2 heterocycles. The Balaban J connectivity index is 1.75. The van der Waals surface area contributed by atoms with Crippen LogP contribution in [0.5, 0.6) is 0 Å². The van der Waals surface area contributed by atoms with Crippen LogP contribution in [0.4, 0.5) is 4.39 Å². The Labute approximate surface area is 166 Å². The van der Waals surface area contributed by atoms with Gasteiger partial charge in [0.25, 0.3) is 5.91 Å². The van der Waals surface area contributed by atoms with Gasteiger partial charge in [0, 0.05) is 30.1 Å². The highest BCUT2D eigenvalue weighted by Gasteiger charge is 2.20. The van der Waals surface area contributed by atoms with Gasteiger partial charge in [0.05, 0.1) is 21.8 Å². The zero-order valence-electron chi connectivity index (χ0n) is 15.0. The van der Waals surface area contributed by atoms with Gasteiger partial charge in [-0.1, -0.05) is 23.7 Å². The van der Waals surface area contributed by atoms with Gasteiger partial charge in [-0.2, -0.15) is 5.10 Å². The SMILES string of the molecule is Cc1sc(C(=O)N[C@H](CN)Cc2ccc(F)cc2)cc1-c1c(Cl)cnn1C. The third kappa shape index (κ3) is 4.37. The van der Waals surface area contributed by atoms with Crippen LogP contribution in [0.25, 0.3) is 11.3 Å². The van der Waals surface area contributed by atoms with E-state index >= 15 is 0 Å². The van der Waals surface area contributed by atoms with Crippen molar-refractivity contribution < 1.29 is 9.18 Å². The maximum absolute atomic E-state index is 13.0. The topological polar surface area (TPSA) is 72.9 Å². The number of thiophene rings is 1. The molecule has 1 atom stereocenters. The summed E-state index contributed by atoms with van der Waals surface area (Å²) >= 11 is 7.62. The minimum Gasteiger partial charge on any atom is -0.347 e. The van der Waals surface area contributed by atoms with Crippen molar-refractivity contribution in [2.75, 3.05) is 6.54 Å². The molecule has 3 rings (SSSR count). The van der Waals surface area contributed by atoms with E-state index in [1.165, 1.54) is 23.5 Å². The summed E-state index contributed by atoms with van der Waals surface area (Å²) < 4.78 is 14.7. The fourth-order valence-corrected chi connectivity index (χ4v) is 4.09. The summed E-state index contributed by atoms with van der Waals surface area (Å²) in [6, 6.07) is 7.77. The number of carbonyl (C=O) groups is 1. The summed E-state index contributed by atoms with van der Waals surface area (Å²) in [6.45, 7) is 2.23. The van der Waals surface area contributed by atoms with E-state index < -0.39 is 0 Å². The molecule has 0 spiro atoms. The van der Waals surface area contributed by atoms with Gasteiger partial charge in [0.15, 0.2) is 0 Å². The van der Waals surface area contributed by atoms with Gasteiger partial charge in [-0.3, -0.25) is 9.48 Å². The van der Waals surface area contributed by atoms with Crippen molar-refractivity contribution in [1.82, 2.24) is 15.1 Å². The van der Waals surface area contributed by atoms with Crippen LogP contribution >= 0.6 is 22.9 Å². The molecule has 27 heavy (non-hydrogen) atoms. The van der Waals surface area contributed by atoms with Crippen LogP contribution in [0.15, 0.2) is 36.5 Å². The number of hydrogen-bond acceptors (Lipinski definition) is 4. The molecule has 0 unspecified atom stereocenters. The third-order valence-electron chi connectivity index (χ3n) is 4.31. The second-order valence-corrected chi connectivity index (χ2v) is 7.95. The number of nitrogens with two attached hydrogens (primary N) is 1. The maximum Gasteiger partial charge on any atom is 0.261 e. The number of carbonyl (C=O) groups excluding carboxylic acids is 1. The Hall–Kier alpha value is -2.22. The number of amides is 1. The summed E-state index contributed by atoms with van der Waals surface area (Å²) in [6.07, 6.45) is 2.12. The van der Waals surface area contributed by atoms with Crippen molar-refractivity contribution in [1.29, 1.82) is 0 Å². The standard InChI is InChI=1S/C19H20ClFN4OS/c1-11-15(18-16(20)10-23-25(18)2)8-17(27-11)19(26)24-14(9-22)7-12-3-5-13(21)6-4-12/h3-6,8,10,14H,7,9,22H2,1-2H3,(H,24,26)/t14-/m0/s1. The molecule has 0 aliphatic carbocycles. The van der Waals surface area contributed by atoms with Crippen molar-refractivity contribution in [3.8, 4) is 11.3 Å². The Morgan fingerprint density at radius 3 is 2.70 bits per heavy atom. The van der Waals surface area contributed by atoms with Gasteiger partial charge in [-0.15, -0.1) is 11.3 Å². The number of benzene rings is 1. The molecule has 0 radical (unpaired) electrons. The van der Waals surface area contributed by atoms with E-state index in [1.54, 1.807) is 23.0 Å². The fraction of sp³-hybridized carbons (Fsp3) is 0.263. The third-order valence-corrected chi connectivity index (χ3v) is 5.63. The maximum atomic E-state index is 13.0. The summed E-state index contributed by atoms with van der Waals surface area (Å²) in [5, 5.41) is 7.65. The second-order valence-electron chi connectivity index (χ2n) is 6.28. The van der Waals surface area contributed by atoms with Gasteiger partial charge in [-0.25, -0.2) is 4.39 Å². The highest BCUT2D eigenvalue weighted by molar-refractivity contribution is 7.14. The summed E-state index contributed by atoms with van der Waals surface area (Å²) in [4.78, 5) is 14.3. The van der Waals surface area contributed by atoms with E-state index in [-0.39, 0.29) is 24.3 Å². The minimum absolute atomic E-state index is 0.190. The minimum atomic E-state index is -0.289. The summed E-state index contributed by atoms with van der Waals surface area (Å²) in [5.74, 6) is -0.479. The van der Waals surface area contributed by atoms with Gasteiger partial charge in [-0.05, 0) is 37.1 Å². The number of hydrogen-bond donors (Lipinski definition) is 2. The van der Waals surface area contributed by atoms with E-state index in [2.05, 4.69) is 10.4 Å². The largest absolute Gasteiger partial charge is 0.347 e. The zero-order valence-corrected chi connectivity index (χ0v) is 16.6. The smallest absolute Gasteiger partial charge is 0.261 e. The van der Waals surface area contributed by atoms with Crippen molar-refractivity contribution in [2.45, 2.75) is 19.4 Å². The molecule has 0 fully saturated rings. The normalized spacial score (nSPS) is 12.2. The first-order valence-electron chi connectivity index (χ1n) is 8.42. The number of halogens is 2. The van der Waals surface area contributed by atoms with E-state index in [1.807, 2.05) is 20.0 Å². The van der Waals surface area contributed by atoms with Crippen LogP contribution in [0.3, 0.4) is 0 Å². The zero-order chi connectivity index (χ0) is 19.6. The molecule has 2 aromatic heterocycles. The fourth-order valence-electron chi connectivity index (χ4n) is 2.90. The lowest BCUT2D eigenvalue weighted by Gasteiger charge is -2.16. The molecule has 0 aliphatic heterocycles. The molecule has 1 aromatic carbocycles. The van der Waals surface area contributed by atoms with E-state index in [0.29, 0.717) is 16.3 Å². The van der Waals surface area contributed by atoms with Crippen molar-refractivity contribution in [2.24, 2.45) is 12.8 Å². The van der Waals surface area contributed by atoms with Crippen molar-refractivity contribution in [3.63, 3.8) is 0 Å². The molecule has 3 aromatic rings. The quantitative estimate of drug-likeness (QED) is 0.657. The van der Waals surface area contributed by atoms with E-state index in [9.17, 15) is 9.18 Å². The first-order valence-corrected chi connectivity index (χ1v) is 9.62. The molecule has 5 nitrogen and oxygen atoms in total. The number of aromatic nitrogens is 2. The average molecular weight is 407 g/mol.